The monoisotopic (exact) mass is 510 g/mol. The second kappa shape index (κ2) is 8.88. The third-order valence-electron chi connectivity index (χ3n) is 5.46. The quantitative estimate of drug-likeness (QED) is 0.391. The lowest BCUT2D eigenvalue weighted by Crippen LogP contribution is -2.30. The number of ether oxygens (including phenoxy) is 1. The standard InChI is InChI=1S/C24H23BrN4O2S/c1-14-7-5-6-8-20(14)29-23(30)19(26-24(29)32)12-17-9-10-21(31-4)18(11-17)13-28-16(3)22(25)15(2)27-28/h5-12H,13H2,1-4H3,(H,26,32)/b19-12+. The van der Waals surface area contributed by atoms with E-state index < -0.39 is 0 Å². The second-order valence-electron chi connectivity index (χ2n) is 7.63. The number of carbonyl (C=O) groups is 1. The average molecular weight is 511 g/mol. The number of thiocarbonyl (C=S) groups is 1. The van der Waals surface area contributed by atoms with Crippen molar-refractivity contribution in [2.45, 2.75) is 27.3 Å². The van der Waals surface area contributed by atoms with Gasteiger partial charge in [0.25, 0.3) is 5.91 Å². The number of anilines is 1. The van der Waals surface area contributed by atoms with Crippen molar-refractivity contribution in [2.24, 2.45) is 0 Å². The number of hydrogen-bond acceptors (Lipinski definition) is 4. The fourth-order valence-corrected chi connectivity index (χ4v) is 4.31. The van der Waals surface area contributed by atoms with Crippen LogP contribution < -0.4 is 15.0 Å². The van der Waals surface area contributed by atoms with E-state index in [0.29, 0.717) is 17.4 Å². The first kappa shape index (κ1) is 22.2. The molecular weight excluding hydrogens is 488 g/mol. The van der Waals surface area contributed by atoms with Gasteiger partial charge in [0.2, 0.25) is 0 Å². The van der Waals surface area contributed by atoms with Gasteiger partial charge in [0, 0.05) is 5.56 Å². The van der Waals surface area contributed by atoms with E-state index in [-0.39, 0.29) is 5.91 Å². The maximum atomic E-state index is 13.1. The number of rotatable bonds is 5. The van der Waals surface area contributed by atoms with Crippen LogP contribution in [0.25, 0.3) is 6.08 Å². The first-order valence-electron chi connectivity index (χ1n) is 10.1. The molecule has 0 saturated carbocycles. The Morgan fingerprint density at radius 1 is 1.19 bits per heavy atom. The maximum absolute atomic E-state index is 13.1. The molecule has 0 unspecified atom stereocenters. The van der Waals surface area contributed by atoms with Crippen molar-refractivity contribution in [2.75, 3.05) is 12.0 Å². The molecule has 2 heterocycles. The lowest BCUT2D eigenvalue weighted by atomic mass is 10.1. The van der Waals surface area contributed by atoms with Crippen LogP contribution in [0.3, 0.4) is 0 Å². The third kappa shape index (κ3) is 4.08. The average Bonchev–Trinajstić information content (AvgIpc) is 3.18. The molecule has 0 aliphatic carbocycles. The molecule has 4 rings (SSSR count). The Labute approximate surface area is 201 Å². The van der Waals surface area contributed by atoms with Crippen molar-refractivity contribution in [3.63, 3.8) is 0 Å². The Bertz CT molecular complexity index is 1260. The van der Waals surface area contributed by atoms with Gasteiger partial charge in [-0.05, 0) is 84.3 Å². The predicted octanol–water partition coefficient (Wildman–Crippen LogP) is 4.89. The summed E-state index contributed by atoms with van der Waals surface area (Å²) in [6.07, 6.45) is 1.81. The van der Waals surface area contributed by atoms with E-state index >= 15 is 0 Å². The van der Waals surface area contributed by atoms with Gasteiger partial charge in [0.15, 0.2) is 5.11 Å². The van der Waals surface area contributed by atoms with Crippen molar-refractivity contribution in [1.82, 2.24) is 15.1 Å². The van der Waals surface area contributed by atoms with Crippen LogP contribution in [0.5, 0.6) is 5.75 Å². The molecule has 1 aliphatic heterocycles. The van der Waals surface area contributed by atoms with Crippen LogP contribution in [0.15, 0.2) is 52.6 Å². The largest absolute Gasteiger partial charge is 0.496 e. The van der Waals surface area contributed by atoms with Gasteiger partial charge in [0.1, 0.15) is 11.4 Å². The number of hydrogen-bond donors (Lipinski definition) is 1. The minimum absolute atomic E-state index is 0.177. The predicted molar refractivity (Wildman–Crippen MR) is 134 cm³/mol. The molecule has 164 valence electrons. The molecule has 0 spiro atoms. The highest BCUT2D eigenvalue weighted by Crippen LogP contribution is 2.28. The highest BCUT2D eigenvalue weighted by atomic mass is 79.9. The molecule has 1 fully saturated rings. The zero-order valence-corrected chi connectivity index (χ0v) is 20.7. The van der Waals surface area contributed by atoms with E-state index in [2.05, 4.69) is 26.3 Å². The van der Waals surface area contributed by atoms with Crippen LogP contribution in [0.4, 0.5) is 5.69 Å². The number of nitrogens with zero attached hydrogens (tertiary/aromatic N) is 3. The van der Waals surface area contributed by atoms with Crippen molar-refractivity contribution < 1.29 is 9.53 Å². The first-order chi connectivity index (χ1) is 15.3. The van der Waals surface area contributed by atoms with Crippen LogP contribution in [0.2, 0.25) is 0 Å². The minimum atomic E-state index is -0.177. The van der Waals surface area contributed by atoms with E-state index in [9.17, 15) is 4.79 Å². The zero-order valence-electron chi connectivity index (χ0n) is 18.3. The Balaban J connectivity index is 1.66. The molecule has 1 amide bonds. The first-order valence-corrected chi connectivity index (χ1v) is 11.3. The van der Waals surface area contributed by atoms with Crippen molar-refractivity contribution in [1.29, 1.82) is 0 Å². The number of aryl methyl sites for hydroxylation is 2. The minimum Gasteiger partial charge on any atom is -0.496 e. The summed E-state index contributed by atoms with van der Waals surface area (Å²) >= 11 is 9.03. The number of carbonyl (C=O) groups excluding carboxylic acids is 1. The number of halogens is 1. The number of para-hydroxylation sites is 1. The van der Waals surface area contributed by atoms with Gasteiger partial charge in [-0.2, -0.15) is 5.10 Å². The number of nitrogens with one attached hydrogen (secondary N) is 1. The Morgan fingerprint density at radius 2 is 1.94 bits per heavy atom. The summed E-state index contributed by atoms with van der Waals surface area (Å²) in [4.78, 5) is 14.7. The fraction of sp³-hybridized carbons (Fsp3) is 0.208. The van der Waals surface area contributed by atoms with Gasteiger partial charge in [-0.3, -0.25) is 14.4 Å². The molecule has 1 N–H and O–H groups in total. The van der Waals surface area contributed by atoms with Gasteiger partial charge in [-0.25, -0.2) is 0 Å². The van der Waals surface area contributed by atoms with Crippen LogP contribution in [0.1, 0.15) is 28.1 Å². The second-order valence-corrected chi connectivity index (χ2v) is 8.81. The molecule has 0 atom stereocenters. The van der Waals surface area contributed by atoms with Gasteiger partial charge in [-0.15, -0.1) is 0 Å². The summed E-state index contributed by atoms with van der Waals surface area (Å²) < 4.78 is 8.49. The number of benzene rings is 2. The Morgan fingerprint density at radius 3 is 2.59 bits per heavy atom. The van der Waals surface area contributed by atoms with Crippen LogP contribution in [0, 0.1) is 20.8 Å². The van der Waals surface area contributed by atoms with Gasteiger partial charge >= 0.3 is 0 Å². The van der Waals surface area contributed by atoms with Gasteiger partial charge < -0.3 is 10.1 Å². The normalized spacial score (nSPS) is 14.9. The molecule has 3 aromatic rings. The molecule has 6 nitrogen and oxygen atoms in total. The molecule has 1 aliphatic rings. The Hall–Kier alpha value is -2.97. The summed E-state index contributed by atoms with van der Waals surface area (Å²) in [5, 5.41) is 8.03. The summed E-state index contributed by atoms with van der Waals surface area (Å²) in [7, 11) is 1.65. The molecule has 2 aromatic carbocycles. The molecular formula is C24H23BrN4O2S. The highest BCUT2D eigenvalue weighted by molar-refractivity contribution is 9.10. The highest BCUT2D eigenvalue weighted by Gasteiger charge is 2.32. The van der Waals surface area contributed by atoms with Crippen LogP contribution in [-0.2, 0) is 11.3 Å². The third-order valence-corrected chi connectivity index (χ3v) is 6.90. The summed E-state index contributed by atoms with van der Waals surface area (Å²) in [6.45, 7) is 6.49. The summed E-state index contributed by atoms with van der Waals surface area (Å²) in [5.74, 6) is 0.586. The number of amides is 1. The van der Waals surface area contributed by atoms with E-state index in [1.54, 1.807) is 7.11 Å². The molecule has 0 bridgehead atoms. The van der Waals surface area contributed by atoms with E-state index in [1.165, 1.54) is 4.90 Å². The fourth-order valence-electron chi connectivity index (χ4n) is 3.74. The molecule has 1 aromatic heterocycles. The van der Waals surface area contributed by atoms with E-state index in [4.69, 9.17) is 17.0 Å². The lowest BCUT2D eigenvalue weighted by Gasteiger charge is -2.16. The van der Waals surface area contributed by atoms with Crippen molar-refractivity contribution in [3.8, 4) is 5.75 Å². The molecule has 0 radical (unpaired) electrons. The van der Waals surface area contributed by atoms with Crippen molar-refractivity contribution >= 4 is 50.9 Å². The summed E-state index contributed by atoms with van der Waals surface area (Å²) in [5.41, 5.74) is 6.00. The molecule has 32 heavy (non-hydrogen) atoms. The van der Waals surface area contributed by atoms with Crippen molar-refractivity contribution in [3.05, 3.63) is 80.7 Å². The van der Waals surface area contributed by atoms with E-state index in [0.717, 1.165) is 44.0 Å². The molecule has 8 heteroatoms. The van der Waals surface area contributed by atoms with Gasteiger partial charge in [0.05, 0.1) is 35.2 Å². The van der Waals surface area contributed by atoms with Crippen LogP contribution >= 0.6 is 28.1 Å². The number of methoxy groups -OCH3 is 1. The SMILES string of the molecule is COc1ccc(/C=C2/NC(=S)N(c3ccccc3C)C2=O)cc1Cn1nc(C)c(Br)c1C. The summed E-state index contributed by atoms with van der Waals surface area (Å²) in [6, 6.07) is 13.5. The zero-order chi connectivity index (χ0) is 23.0. The number of aromatic nitrogens is 2. The van der Waals surface area contributed by atoms with E-state index in [1.807, 2.05) is 74.0 Å². The van der Waals surface area contributed by atoms with Gasteiger partial charge in [-0.1, -0.05) is 24.3 Å². The smallest absolute Gasteiger partial charge is 0.281 e. The van der Waals surface area contributed by atoms with Crippen LogP contribution in [-0.4, -0.2) is 27.9 Å². The Kier molecular flexibility index (Phi) is 6.17. The maximum Gasteiger partial charge on any atom is 0.281 e. The topological polar surface area (TPSA) is 59.4 Å². The lowest BCUT2D eigenvalue weighted by molar-refractivity contribution is -0.113. The molecule has 1 saturated heterocycles.